The predicted octanol–water partition coefficient (Wildman–Crippen LogP) is 3.25. The Labute approximate surface area is 204 Å². The first-order chi connectivity index (χ1) is 16.9. The summed E-state index contributed by atoms with van der Waals surface area (Å²) < 4.78 is 9.19. The fraction of sp³-hybridized carbons (Fsp3) is 0.192. The van der Waals surface area contributed by atoms with Gasteiger partial charge in [-0.1, -0.05) is 43.4 Å². The smallest absolute Gasteiger partial charge is 0.295 e. The van der Waals surface area contributed by atoms with Crippen LogP contribution >= 0.6 is 11.3 Å². The molecule has 3 aromatic heterocycles. The van der Waals surface area contributed by atoms with Crippen molar-refractivity contribution in [2.24, 2.45) is 5.92 Å². The molecule has 5 aromatic rings. The average molecular weight is 486 g/mol. The molecule has 0 amide bonds. The van der Waals surface area contributed by atoms with Gasteiger partial charge in [-0.3, -0.25) is 9.59 Å². The molecule has 9 heteroatoms. The van der Waals surface area contributed by atoms with Crippen LogP contribution in [-0.2, 0) is 0 Å². The number of thiazole rings is 1. The molecule has 176 valence electrons. The highest BCUT2D eigenvalue weighted by atomic mass is 32.1. The molecule has 0 aliphatic heterocycles. The van der Waals surface area contributed by atoms with Gasteiger partial charge in [0.15, 0.2) is 0 Å². The first-order valence-corrected chi connectivity index (χ1v) is 12.0. The molecule has 0 saturated carbocycles. The molecule has 0 atom stereocenters. The minimum Gasteiger partial charge on any atom is -0.493 e. The van der Waals surface area contributed by atoms with E-state index in [-0.39, 0.29) is 16.2 Å². The Morgan fingerprint density at radius 1 is 1.03 bits per heavy atom. The van der Waals surface area contributed by atoms with E-state index < -0.39 is 5.56 Å². The second kappa shape index (κ2) is 9.27. The van der Waals surface area contributed by atoms with Crippen molar-refractivity contribution >= 4 is 22.4 Å². The number of para-hydroxylation sites is 1. The van der Waals surface area contributed by atoms with Crippen molar-refractivity contribution in [2.45, 2.75) is 20.8 Å². The van der Waals surface area contributed by atoms with Crippen LogP contribution in [0.15, 0.2) is 70.4 Å². The minimum atomic E-state index is -0.435. The summed E-state index contributed by atoms with van der Waals surface area (Å²) in [6.45, 7) is 6.39. The van der Waals surface area contributed by atoms with Crippen molar-refractivity contribution in [3.8, 4) is 22.7 Å². The fourth-order valence-electron chi connectivity index (χ4n) is 3.53. The SMILES string of the molecule is Cc1nn2c(=O)c(=Cc3cn(-c4ccccc4)nc3-c3ccc(OCC(C)C)cc3)sc2nc1=O. The molecular formula is C26H23N5O3S. The maximum Gasteiger partial charge on any atom is 0.295 e. The van der Waals surface area contributed by atoms with E-state index in [9.17, 15) is 9.59 Å². The highest BCUT2D eigenvalue weighted by molar-refractivity contribution is 7.15. The molecule has 0 fully saturated rings. The average Bonchev–Trinajstić information content (AvgIpc) is 3.40. The molecule has 0 saturated heterocycles. The topological polar surface area (TPSA) is 91.4 Å². The van der Waals surface area contributed by atoms with Gasteiger partial charge < -0.3 is 4.74 Å². The quantitative estimate of drug-likeness (QED) is 0.367. The van der Waals surface area contributed by atoms with Gasteiger partial charge >= 0.3 is 0 Å². The molecule has 8 nitrogen and oxygen atoms in total. The molecule has 0 N–H and O–H groups in total. The number of hydrogen-bond acceptors (Lipinski definition) is 7. The van der Waals surface area contributed by atoms with Crippen LogP contribution in [0.4, 0.5) is 0 Å². The van der Waals surface area contributed by atoms with Gasteiger partial charge in [0.1, 0.15) is 17.1 Å². The molecule has 3 heterocycles. The van der Waals surface area contributed by atoms with Gasteiger partial charge in [0.25, 0.3) is 11.1 Å². The fourth-order valence-corrected chi connectivity index (χ4v) is 4.43. The lowest BCUT2D eigenvalue weighted by Gasteiger charge is -2.09. The number of aromatic nitrogens is 5. The van der Waals surface area contributed by atoms with Crippen molar-refractivity contribution < 1.29 is 4.74 Å². The van der Waals surface area contributed by atoms with Crippen LogP contribution < -0.4 is 20.4 Å². The van der Waals surface area contributed by atoms with Crippen LogP contribution in [0.1, 0.15) is 25.1 Å². The molecule has 0 radical (unpaired) electrons. The lowest BCUT2D eigenvalue weighted by Crippen LogP contribution is -2.27. The first-order valence-electron chi connectivity index (χ1n) is 11.2. The Hall–Kier alpha value is -4.11. The molecule has 0 aliphatic rings. The molecule has 0 bridgehead atoms. The van der Waals surface area contributed by atoms with Crippen molar-refractivity contribution in [3.05, 3.63) is 97.3 Å². The van der Waals surface area contributed by atoms with Gasteiger partial charge in [0.05, 0.1) is 16.8 Å². The van der Waals surface area contributed by atoms with Gasteiger partial charge in [-0.15, -0.1) is 0 Å². The number of rotatable bonds is 6. The van der Waals surface area contributed by atoms with Gasteiger partial charge in [0.2, 0.25) is 4.96 Å². The van der Waals surface area contributed by atoms with Crippen molar-refractivity contribution in [3.63, 3.8) is 0 Å². The van der Waals surface area contributed by atoms with Crippen molar-refractivity contribution in [1.29, 1.82) is 0 Å². The summed E-state index contributed by atoms with van der Waals surface area (Å²) in [5.41, 5.74) is 2.68. The summed E-state index contributed by atoms with van der Waals surface area (Å²) in [7, 11) is 0. The van der Waals surface area contributed by atoms with Crippen LogP contribution in [-0.4, -0.2) is 31.0 Å². The third kappa shape index (κ3) is 4.63. The summed E-state index contributed by atoms with van der Waals surface area (Å²) in [4.78, 5) is 29.1. The van der Waals surface area contributed by atoms with Crippen LogP contribution in [0.2, 0.25) is 0 Å². The number of hydrogen-bond donors (Lipinski definition) is 0. The maximum atomic E-state index is 13.0. The van der Waals surface area contributed by atoms with Crippen molar-refractivity contribution in [2.75, 3.05) is 6.61 Å². The van der Waals surface area contributed by atoms with E-state index >= 15 is 0 Å². The molecule has 35 heavy (non-hydrogen) atoms. The lowest BCUT2D eigenvalue weighted by molar-refractivity contribution is 0.271. The molecule has 0 spiro atoms. The Morgan fingerprint density at radius 3 is 2.49 bits per heavy atom. The number of nitrogens with zero attached hydrogens (tertiary/aromatic N) is 5. The van der Waals surface area contributed by atoms with Gasteiger partial charge in [0, 0.05) is 17.3 Å². The third-order valence-electron chi connectivity index (χ3n) is 5.30. The van der Waals surface area contributed by atoms with E-state index in [2.05, 4.69) is 23.9 Å². The highest BCUT2D eigenvalue weighted by Gasteiger charge is 2.14. The second-order valence-electron chi connectivity index (χ2n) is 8.55. The Kier molecular flexibility index (Phi) is 6.00. The predicted molar refractivity (Wildman–Crippen MR) is 136 cm³/mol. The standard InChI is InChI=1S/C26H23N5O3S/c1-16(2)15-34-21-11-9-18(10-12-21)23-19(14-30(29-23)20-7-5-4-6-8-20)13-22-25(33)31-26(35-22)27-24(32)17(3)28-31/h4-14,16H,15H2,1-3H3. The Bertz CT molecular complexity index is 1670. The van der Waals surface area contributed by atoms with Crippen LogP contribution in [0, 0.1) is 12.8 Å². The Morgan fingerprint density at radius 2 is 1.77 bits per heavy atom. The number of benzene rings is 2. The monoisotopic (exact) mass is 485 g/mol. The largest absolute Gasteiger partial charge is 0.493 e. The molecule has 0 aliphatic carbocycles. The third-order valence-corrected chi connectivity index (χ3v) is 6.26. The molecule has 0 unspecified atom stereocenters. The second-order valence-corrected chi connectivity index (χ2v) is 9.56. The zero-order valence-corrected chi connectivity index (χ0v) is 20.3. The Balaban J connectivity index is 1.64. The summed E-state index contributed by atoms with van der Waals surface area (Å²) >= 11 is 1.13. The van der Waals surface area contributed by atoms with E-state index in [1.807, 2.05) is 60.8 Å². The van der Waals surface area contributed by atoms with Crippen LogP contribution in [0.3, 0.4) is 0 Å². The zero-order valence-electron chi connectivity index (χ0n) is 19.5. The number of aryl methyl sites for hydroxylation is 1. The minimum absolute atomic E-state index is 0.182. The van der Waals surface area contributed by atoms with Gasteiger partial charge in [-0.05, 0) is 55.3 Å². The normalized spacial score (nSPS) is 12.1. The summed E-state index contributed by atoms with van der Waals surface area (Å²) in [6.07, 6.45) is 3.65. The summed E-state index contributed by atoms with van der Waals surface area (Å²) in [6, 6.07) is 17.5. The number of ether oxygens (including phenoxy) is 1. The maximum absolute atomic E-state index is 13.0. The zero-order chi connectivity index (χ0) is 24.5. The lowest BCUT2D eigenvalue weighted by atomic mass is 10.1. The molecule has 2 aromatic carbocycles. The van der Waals surface area contributed by atoms with Crippen LogP contribution in [0.5, 0.6) is 5.75 Å². The van der Waals surface area contributed by atoms with E-state index in [4.69, 9.17) is 9.84 Å². The van der Waals surface area contributed by atoms with Gasteiger partial charge in [-0.2, -0.15) is 19.7 Å². The highest BCUT2D eigenvalue weighted by Crippen LogP contribution is 2.26. The molecule has 5 rings (SSSR count). The first kappa shape index (κ1) is 22.7. The molecular weight excluding hydrogens is 462 g/mol. The number of fused-ring (bicyclic) bond motifs is 1. The van der Waals surface area contributed by atoms with Crippen molar-refractivity contribution in [1.82, 2.24) is 24.4 Å². The van der Waals surface area contributed by atoms with Crippen LogP contribution in [0.25, 0.3) is 28.0 Å². The van der Waals surface area contributed by atoms with E-state index in [0.717, 1.165) is 33.9 Å². The summed E-state index contributed by atoms with van der Waals surface area (Å²) in [5, 5.41) is 8.92. The van der Waals surface area contributed by atoms with E-state index in [0.29, 0.717) is 22.8 Å². The van der Waals surface area contributed by atoms with E-state index in [1.165, 1.54) is 4.52 Å². The summed E-state index contributed by atoms with van der Waals surface area (Å²) in [5.74, 6) is 1.22. The van der Waals surface area contributed by atoms with E-state index in [1.54, 1.807) is 17.7 Å². The van der Waals surface area contributed by atoms with Gasteiger partial charge in [-0.25, -0.2) is 4.68 Å².